The van der Waals surface area contributed by atoms with E-state index in [1.165, 1.54) is 10.5 Å². The molecule has 0 saturated carbocycles. The molecule has 1 amide bonds. The monoisotopic (exact) mass is 269 g/mol. The van der Waals surface area contributed by atoms with Gasteiger partial charge in [0.05, 0.1) is 0 Å². The molecule has 3 heteroatoms. The standard InChI is InChI=1S/C17H19NO2/c1-12(2)13-7-9-14(10-8-13)17(20)18(3)15-5-4-6-16(19)11-15/h4-12,19H,1-3H3. The molecule has 2 rings (SSSR count). The van der Waals surface area contributed by atoms with Crippen LogP contribution >= 0.6 is 0 Å². The molecule has 0 heterocycles. The number of anilines is 1. The van der Waals surface area contributed by atoms with E-state index >= 15 is 0 Å². The lowest BCUT2D eigenvalue weighted by atomic mass is 10.0. The zero-order chi connectivity index (χ0) is 14.7. The first-order chi connectivity index (χ1) is 9.49. The largest absolute Gasteiger partial charge is 0.508 e. The zero-order valence-electron chi connectivity index (χ0n) is 12.0. The van der Waals surface area contributed by atoms with Gasteiger partial charge in [-0.15, -0.1) is 0 Å². The third kappa shape index (κ3) is 2.99. The second kappa shape index (κ2) is 5.78. The highest BCUT2D eigenvalue weighted by atomic mass is 16.3. The molecule has 0 aromatic heterocycles. The molecule has 20 heavy (non-hydrogen) atoms. The first kappa shape index (κ1) is 14.1. The van der Waals surface area contributed by atoms with Gasteiger partial charge in [-0.2, -0.15) is 0 Å². The first-order valence-electron chi connectivity index (χ1n) is 6.66. The number of benzene rings is 2. The third-order valence-electron chi connectivity index (χ3n) is 3.35. The van der Waals surface area contributed by atoms with E-state index in [4.69, 9.17) is 0 Å². The van der Waals surface area contributed by atoms with Gasteiger partial charge in [-0.1, -0.05) is 32.0 Å². The lowest BCUT2D eigenvalue weighted by molar-refractivity contribution is 0.0993. The van der Waals surface area contributed by atoms with Gasteiger partial charge in [-0.25, -0.2) is 0 Å². The summed E-state index contributed by atoms with van der Waals surface area (Å²) in [4.78, 5) is 13.9. The second-order valence-electron chi connectivity index (χ2n) is 5.16. The minimum Gasteiger partial charge on any atom is -0.508 e. The molecule has 0 aliphatic heterocycles. The van der Waals surface area contributed by atoms with E-state index in [-0.39, 0.29) is 11.7 Å². The van der Waals surface area contributed by atoms with Crippen molar-refractivity contribution in [3.63, 3.8) is 0 Å². The number of phenols is 1. The van der Waals surface area contributed by atoms with Crippen LogP contribution < -0.4 is 4.90 Å². The lowest BCUT2D eigenvalue weighted by Gasteiger charge is -2.18. The van der Waals surface area contributed by atoms with Gasteiger partial charge in [-0.3, -0.25) is 4.79 Å². The second-order valence-corrected chi connectivity index (χ2v) is 5.16. The van der Waals surface area contributed by atoms with Gasteiger partial charge in [0.2, 0.25) is 0 Å². The molecule has 0 fully saturated rings. The van der Waals surface area contributed by atoms with Crippen molar-refractivity contribution in [1.82, 2.24) is 0 Å². The summed E-state index contributed by atoms with van der Waals surface area (Å²) in [7, 11) is 1.70. The van der Waals surface area contributed by atoms with Gasteiger partial charge in [0.25, 0.3) is 5.91 Å². The Bertz CT molecular complexity index is 603. The van der Waals surface area contributed by atoms with Crippen molar-refractivity contribution in [3.8, 4) is 5.75 Å². The van der Waals surface area contributed by atoms with Gasteiger partial charge in [0.15, 0.2) is 0 Å². The normalized spacial score (nSPS) is 10.6. The van der Waals surface area contributed by atoms with Crippen LogP contribution in [0.4, 0.5) is 5.69 Å². The van der Waals surface area contributed by atoms with E-state index in [0.29, 0.717) is 17.2 Å². The van der Waals surface area contributed by atoms with Crippen molar-refractivity contribution in [3.05, 3.63) is 59.7 Å². The number of rotatable bonds is 3. The van der Waals surface area contributed by atoms with Gasteiger partial charge < -0.3 is 10.0 Å². The molecule has 0 unspecified atom stereocenters. The molecule has 0 bridgehead atoms. The smallest absolute Gasteiger partial charge is 0.258 e. The van der Waals surface area contributed by atoms with E-state index in [1.54, 1.807) is 31.3 Å². The van der Waals surface area contributed by atoms with Gasteiger partial charge in [-0.05, 0) is 35.7 Å². The topological polar surface area (TPSA) is 40.5 Å². The van der Waals surface area contributed by atoms with Crippen LogP contribution in [0.3, 0.4) is 0 Å². The number of hydrogen-bond donors (Lipinski definition) is 1. The molecular weight excluding hydrogens is 250 g/mol. The van der Waals surface area contributed by atoms with E-state index in [1.807, 2.05) is 24.3 Å². The summed E-state index contributed by atoms with van der Waals surface area (Å²) in [5.41, 5.74) is 2.52. The molecule has 0 aliphatic rings. The summed E-state index contributed by atoms with van der Waals surface area (Å²) in [6.45, 7) is 4.24. The molecule has 0 spiro atoms. The Morgan fingerprint density at radius 3 is 2.30 bits per heavy atom. The molecule has 3 nitrogen and oxygen atoms in total. The lowest BCUT2D eigenvalue weighted by Crippen LogP contribution is -2.26. The maximum atomic E-state index is 12.4. The summed E-state index contributed by atoms with van der Waals surface area (Å²) in [6, 6.07) is 14.3. The van der Waals surface area contributed by atoms with Crippen LogP contribution in [-0.4, -0.2) is 18.1 Å². The van der Waals surface area contributed by atoms with Crippen LogP contribution in [0.5, 0.6) is 5.75 Å². The first-order valence-corrected chi connectivity index (χ1v) is 6.66. The third-order valence-corrected chi connectivity index (χ3v) is 3.35. The Hall–Kier alpha value is -2.29. The van der Waals surface area contributed by atoms with Crippen LogP contribution in [0, 0.1) is 0 Å². The summed E-state index contributed by atoms with van der Waals surface area (Å²) in [6.07, 6.45) is 0. The average molecular weight is 269 g/mol. The number of nitrogens with zero attached hydrogens (tertiary/aromatic N) is 1. The molecule has 104 valence electrons. The summed E-state index contributed by atoms with van der Waals surface area (Å²) in [5, 5.41) is 9.47. The number of aromatic hydroxyl groups is 1. The van der Waals surface area contributed by atoms with Crippen molar-refractivity contribution < 1.29 is 9.90 Å². The molecule has 0 radical (unpaired) electrons. The molecule has 0 aliphatic carbocycles. The Kier molecular flexibility index (Phi) is 4.08. The molecule has 0 atom stereocenters. The van der Waals surface area contributed by atoms with Crippen LogP contribution in [0.2, 0.25) is 0 Å². The van der Waals surface area contributed by atoms with E-state index < -0.39 is 0 Å². The molecular formula is C17H19NO2. The van der Waals surface area contributed by atoms with Crippen molar-refractivity contribution in [2.75, 3.05) is 11.9 Å². The summed E-state index contributed by atoms with van der Waals surface area (Å²) in [5.74, 6) is 0.506. The predicted octanol–water partition coefficient (Wildman–Crippen LogP) is 3.79. The Morgan fingerprint density at radius 2 is 1.75 bits per heavy atom. The van der Waals surface area contributed by atoms with Crippen molar-refractivity contribution in [2.24, 2.45) is 0 Å². The maximum absolute atomic E-state index is 12.4. The number of hydrogen-bond acceptors (Lipinski definition) is 2. The quantitative estimate of drug-likeness (QED) is 0.921. The fourth-order valence-corrected chi connectivity index (χ4v) is 2.02. The van der Waals surface area contributed by atoms with Crippen molar-refractivity contribution in [2.45, 2.75) is 19.8 Å². The van der Waals surface area contributed by atoms with Crippen molar-refractivity contribution in [1.29, 1.82) is 0 Å². The minimum atomic E-state index is -0.0918. The minimum absolute atomic E-state index is 0.0918. The van der Waals surface area contributed by atoms with Crippen LogP contribution in [0.1, 0.15) is 35.7 Å². The molecule has 2 aromatic carbocycles. The number of carbonyl (C=O) groups excluding carboxylic acids is 1. The molecule has 2 aromatic rings. The maximum Gasteiger partial charge on any atom is 0.258 e. The van der Waals surface area contributed by atoms with Crippen LogP contribution in [-0.2, 0) is 0 Å². The van der Waals surface area contributed by atoms with Gasteiger partial charge in [0, 0.05) is 24.4 Å². The predicted molar refractivity (Wildman–Crippen MR) is 81.4 cm³/mol. The van der Waals surface area contributed by atoms with E-state index in [2.05, 4.69) is 13.8 Å². The fourth-order valence-electron chi connectivity index (χ4n) is 2.02. The van der Waals surface area contributed by atoms with Crippen LogP contribution in [0.15, 0.2) is 48.5 Å². The Labute approximate surface area is 119 Å². The highest BCUT2D eigenvalue weighted by Crippen LogP contribution is 2.21. The van der Waals surface area contributed by atoms with Crippen LogP contribution in [0.25, 0.3) is 0 Å². The van der Waals surface area contributed by atoms with Crippen molar-refractivity contribution >= 4 is 11.6 Å². The Morgan fingerprint density at radius 1 is 1.10 bits per heavy atom. The average Bonchev–Trinajstić information content (AvgIpc) is 2.46. The number of phenolic OH excluding ortho intramolecular Hbond substituents is 1. The van der Waals surface area contributed by atoms with Gasteiger partial charge >= 0.3 is 0 Å². The molecule has 1 N–H and O–H groups in total. The highest BCUT2D eigenvalue weighted by Gasteiger charge is 2.14. The van der Waals surface area contributed by atoms with E-state index in [9.17, 15) is 9.90 Å². The SMILES string of the molecule is CC(C)c1ccc(C(=O)N(C)c2cccc(O)c2)cc1. The Balaban J connectivity index is 2.22. The number of carbonyl (C=O) groups is 1. The van der Waals surface area contributed by atoms with Gasteiger partial charge in [0.1, 0.15) is 5.75 Å². The zero-order valence-corrected chi connectivity index (χ0v) is 12.0. The van der Waals surface area contributed by atoms with E-state index in [0.717, 1.165) is 0 Å². The fraction of sp³-hybridized carbons (Fsp3) is 0.235. The summed E-state index contributed by atoms with van der Waals surface area (Å²) >= 11 is 0. The molecule has 0 saturated heterocycles. The summed E-state index contributed by atoms with van der Waals surface area (Å²) < 4.78 is 0. The highest BCUT2D eigenvalue weighted by molar-refractivity contribution is 6.05. The number of amides is 1.